The van der Waals surface area contributed by atoms with Crippen molar-refractivity contribution >= 4 is 50.4 Å². The zero-order valence-corrected chi connectivity index (χ0v) is 16.5. The second-order valence-electron chi connectivity index (χ2n) is 6.06. The van der Waals surface area contributed by atoms with E-state index in [0.717, 1.165) is 16.6 Å². The Kier molecular flexibility index (Phi) is 4.90. The quantitative estimate of drug-likeness (QED) is 0.469. The Morgan fingerprint density at radius 2 is 1.86 bits per heavy atom. The highest BCUT2D eigenvalue weighted by molar-refractivity contribution is 7.21. The summed E-state index contributed by atoms with van der Waals surface area (Å²) in [5, 5.41) is 4.28. The number of pyridine rings is 1. The summed E-state index contributed by atoms with van der Waals surface area (Å²) in [6, 6.07) is 18.4. The molecule has 4 rings (SSSR count). The highest BCUT2D eigenvalue weighted by Crippen LogP contribution is 2.35. The molecule has 2 heterocycles. The topological polar surface area (TPSA) is 77.2 Å². The smallest absolute Gasteiger partial charge is 0.268 e. The van der Waals surface area contributed by atoms with E-state index in [4.69, 9.17) is 22.1 Å². The molecule has 0 aliphatic heterocycles. The predicted molar refractivity (Wildman–Crippen MR) is 115 cm³/mol. The average Bonchev–Trinajstić information content (AvgIpc) is 3.05. The third-order valence-corrected chi connectivity index (χ3v) is 5.66. The van der Waals surface area contributed by atoms with Gasteiger partial charge in [0.15, 0.2) is 0 Å². The lowest BCUT2D eigenvalue weighted by Crippen LogP contribution is -2.12. The zero-order valence-electron chi connectivity index (χ0n) is 14.9. The minimum atomic E-state index is -0.293. The maximum Gasteiger partial charge on any atom is 0.268 e. The molecule has 0 aliphatic carbocycles. The van der Waals surface area contributed by atoms with Crippen molar-refractivity contribution in [2.45, 2.75) is 0 Å². The second-order valence-corrected chi connectivity index (χ2v) is 7.49. The molecule has 5 nitrogen and oxygen atoms in total. The first-order chi connectivity index (χ1) is 13.6. The molecule has 0 unspecified atom stereocenters. The number of nitrogens with two attached hydrogens (primary N) is 1. The van der Waals surface area contributed by atoms with Gasteiger partial charge in [0.05, 0.1) is 24.2 Å². The Bertz CT molecular complexity index is 1170. The van der Waals surface area contributed by atoms with Gasteiger partial charge < -0.3 is 15.8 Å². The maximum absolute atomic E-state index is 12.8. The number of fused-ring (bicyclic) bond motifs is 1. The van der Waals surface area contributed by atoms with E-state index < -0.39 is 0 Å². The van der Waals surface area contributed by atoms with E-state index in [1.54, 1.807) is 19.2 Å². The molecular formula is C21H16ClN3O2S. The summed E-state index contributed by atoms with van der Waals surface area (Å²) in [6.45, 7) is 0. The molecular weight excluding hydrogens is 394 g/mol. The van der Waals surface area contributed by atoms with E-state index in [1.807, 2.05) is 48.5 Å². The zero-order chi connectivity index (χ0) is 19.7. The number of methoxy groups -OCH3 is 1. The summed E-state index contributed by atoms with van der Waals surface area (Å²) in [7, 11) is 1.56. The van der Waals surface area contributed by atoms with Gasteiger partial charge in [0.1, 0.15) is 15.5 Å². The number of nitrogen functional groups attached to an aromatic ring is 1. The third-order valence-electron chi connectivity index (χ3n) is 4.30. The van der Waals surface area contributed by atoms with Crippen LogP contribution in [-0.4, -0.2) is 18.0 Å². The molecule has 0 spiro atoms. The number of amides is 1. The van der Waals surface area contributed by atoms with Crippen molar-refractivity contribution in [3.05, 3.63) is 70.6 Å². The van der Waals surface area contributed by atoms with Gasteiger partial charge in [-0.3, -0.25) is 4.79 Å². The first-order valence-electron chi connectivity index (χ1n) is 8.46. The molecule has 2 aromatic heterocycles. The lowest BCUT2D eigenvalue weighted by Gasteiger charge is -2.09. The maximum atomic E-state index is 12.8. The molecule has 4 aromatic rings. The van der Waals surface area contributed by atoms with Crippen LogP contribution >= 0.6 is 22.9 Å². The van der Waals surface area contributed by atoms with Crippen molar-refractivity contribution in [2.75, 3.05) is 18.2 Å². The normalized spacial score (nSPS) is 10.8. The van der Waals surface area contributed by atoms with Gasteiger partial charge in [-0.1, -0.05) is 35.9 Å². The fourth-order valence-corrected chi connectivity index (χ4v) is 3.99. The number of halogens is 1. The fraction of sp³-hybridized carbons (Fsp3) is 0.0476. The average molecular weight is 410 g/mol. The lowest BCUT2D eigenvalue weighted by molar-refractivity contribution is 0.103. The third kappa shape index (κ3) is 3.40. The highest BCUT2D eigenvalue weighted by Gasteiger charge is 2.19. The monoisotopic (exact) mass is 409 g/mol. The van der Waals surface area contributed by atoms with Crippen LogP contribution in [0.5, 0.6) is 5.75 Å². The van der Waals surface area contributed by atoms with Crippen LogP contribution in [0.1, 0.15) is 9.67 Å². The Morgan fingerprint density at radius 1 is 1.11 bits per heavy atom. The van der Waals surface area contributed by atoms with Gasteiger partial charge in [-0.05, 0) is 36.4 Å². The number of aromatic nitrogens is 1. The van der Waals surface area contributed by atoms with Crippen LogP contribution in [0.2, 0.25) is 5.02 Å². The van der Waals surface area contributed by atoms with E-state index in [9.17, 15) is 4.79 Å². The van der Waals surface area contributed by atoms with Crippen molar-refractivity contribution in [1.82, 2.24) is 4.98 Å². The number of anilines is 2. The number of rotatable bonds is 4. The molecule has 28 heavy (non-hydrogen) atoms. The van der Waals surface area contributed by atoms with Gasteiger partial charge in [0.25, 0.3) is 5.91 Å². The van der Waals surface area contributed by atoms with Crippen molar-refractivity contribution in [2.24, 2.45) is 0 Å². The number of nitrogens with one attached hydrogen (secondary N) is 1. The van der Waals surface area contributed by atoms with E-state index in [-0.39, 0.29) is 5.91 Å². The highest BCUT2D eigenvalue weighted by atomic mass is 35.5. The van der Waals surface area contributed by atoms with Crippen LogP contribution in [0.15, 0.2) is 60.7 Å². The van der Waals surface area contributed by atoms with E-state index in [1.165, 1.54) is 11.3 Å². The summed E-state index contributed by atoms with van der Waals surface area (Å²) in [6.07, 6.45) is 0. The Balaban J connectivity index is 1.69. The molecule has 0 atom stereocenters. The summed E-state index contributed by atoms with van der Waals surface area (Å²) in [5.74, 6) is 0.289. The Labute approximate surface area is 170 Å². The standard InChI is InChI=1S/C21H16ClN3O2S/c1-27-17-5-3-2-4-16(17)24-20(26)19-18(23)14-10-11-15(25-21(14)28-19)12-6-8-13(22)9-7-12/h2-11H,23H2,1H3,(H,24,26). The minimum Gasteiger partial charge on any atom is -0.495 e. The van der Waals surface area contributed by atoms with Gasteiger partial charge in [0, 0.05) is 16.0 Å². The number of hydrogen-bond acceptors (Lipinski definition) is 5. The summed E-state index contributed by atoms with van der Waals surface area (Å²) < 4.78 is 5.28. The number of para-hydroxylation sites is 2. The first kappa shape index (κ1) is 18.3. The van der Waals surface area contributed by atoms with E-state index in [0.29, 0.717) is 31.9 Å². The molecule has 0 aliphatic rings. The van der Waals surface area contributed by atoms with E-state index >= 15 is 0 Å². The minimum absolute atomic E-state index is 0.293. The fourth-order valence-electron chi connectivity index (χ4n) is 2.87. The molecule has 0 fully saturated rings. The SMILES string of the molecule is COc1ccccc1NC(=O)c1sc2nc(-c3ccc(Cl)cc3)ccc2c1N. The first-order valence-corrected chi connectivity index (χ1v) is 9.65. The second kappa shape index (κ2) is 7.50. The molecule has 7 heteroatoms. The van der Waals surface area contributed by atoms with Crippen molar-refractivity contribution in [3.8, 4) is 17.0 Å². The van der Waals surface area contributed by atoms with E-state index in [2.05, 4.69) is 10.3 Å². The van der Waals surface area contributed by atoms with Crippen LogP contribution in [0, 0.1) is 0 Å². The largest absolute Gasteiger partial charge is 0.495 e. The molecule has 3 N–H and O–H groups in total. The molecule has 2 aromatic carbocycles. The number of thiophene rings is 1. The van der Waals surface area contributed by atoms with Crippen molar-refractivity contribution in [1.29, 1.82) is 0 Å². The molecule has 0 bridgehead atoms. The van der Waals surface area contributed by atoms with Crippen LogP contribution < -0.4 is 15.8 Å². The number of ether oxygens (including phenoxy) is 1. The van der Waals surface area contributed by atoms with Crippen LogP contribution in [-0.2, 0) is 0 Å². The summed E-state index contributed by atoms with van der Waals surface area (Å²) >= 11 is 7.21. The number of carbonyl (C=O) groups is 1. The Hall–Kier alpha value is -3.09. The van der Waals surface area contributed by atoms with Crippen molar-refractivity contribution in [3.63, 3.8) is 0 Å². The van der Waals surface area contributed by atoms with Gasteiger partial charge in [-0.25, -0.2) is 4.98 Å². The van der Waals surface area contributed by atoms with Crippen LogP contribution in [0.4, 0.5) is 11.4 Å². The molecule has 0 saturated heterocycles. The van der Waals surface area contributed by atoms with Gasteiger partial charge >= 0.3 is 0 Å². The number of carbonyl (C=O) groups excluding carboxylic acids is 1. The van der Waals surface area contributed by atoms with Crippen molar-refractivity contribution < 1.29 is 9.53 Å². The van der Waals surface area contributed by atoms with Crippen LogP contribution in [0.3, 0.4) is 0 Å². The molecule has 0 saturated carbocycles. The predicted octanol–water partition coefficient (Wildman–Crippen LogP) is 5.46. The van der Waals surface area contributed by atoms with Gasteiger partial charge in [0.2, 0.25) is 0 Å². The summed E-state index contributed by atoms with van der Waals surface area (Å²) in [4.78, 5) is 18.6. The lowest BCUT2D eigenvalue weighted by atomic mass is 10.1. The number of benzene rings is 2. The number of hydrogen-bond donors (Lipinski definition) is 2. The molecule has 0 radical (unpaired) electrons. The van der Waals surface area contributed by atoms with Crippen LogP contribution in [0.25, 0.3) is 21.5 Å². The summed E-state index contributed by atoms with van der Waals surface area (Å²) in [5.41, 5.74) is 8.97. The van der Waals surface area contributed by atoms with Gasteiger partial charge in [-0.2, -0.15) is 0 Å². The Morgan fingerprint density at radius 3 is 2.61 bits per heavy atom. The number of nitrogens with zero attached hydrogens (tertiary/aromatic N) is 1. The van der Waals surface area contributed by atoms with Gasteiger partial charge in [-0.15, -0.1) is 11.3 Å². The molecule has 1 amide bonds. The molecule has 140 valence electrons.